The first-order valence-electron chi connectivity index (χ1n) is 27.4. The number of hydrogen-bond acceptors (Lipinski definition) is 7. The van der Waals surface area contributed by atoms with Gasteiger partial charge >= 0.3 is 0 Å². The molecule has 9 aliphatic carbocycles. The molecule has 0 unspecified atom stereocenters. The van der Waals surface area contributed by atoms with Crippen LogP contribution in [0.5, 0.6) is 23.0 Å². The van der Waals surface area contributed by atoms with Gasteiger partial charge in [0.1, 0.15) is 22.7 Å². The molecule has 5 fully saturated rings. The number of carbonyl (C=O) groups excluding carboxylic acids is 2. The Morgan fingerprint density at radius 3 is 1.56 bits per heavy atom. The van der Waals surface area contributed by atoms with Gasteiger partial charge in [-0.2, -0.15) is 0 Å². The summed E-state index contributed by atoms with van der Waals surface area (Å²) in [6.07, 6.45) is 17.9. The summed E-state index contributed by atoms with van der Waals surface area (Å²) in [6, 6.07) is 24.8. The SMILES string of the molecule is C.CC.CC#C[C@]1(O)CC[C@H]2[C@@H]3CCC4=CC(=O)CCC4=C3[C@@H](c3ccc(Oc4ccccc4)cc3)C[C@@]21C.CC#C[C@]1(O)CC[C@H]2[C@@H]3CCC4=CC(=O)CCC4=C3[C@@H](c3ccc4c(c3)OC3(CC3)O4)C[C@@]21C. The summed E-state index contributed by atoms with van der Waals surface area (Å²) >= 11 is 0. The Bertz CT molecular complexity index is 2940. The molecule has 0 aromatic heterocycles. The molecular formula is C66H76O7. The second-order valence-corrected chi connectivity index (χ2v) is 22.8. The molecule has 1 aliphatic heterocycles. The minimum atomic E-state index is -0.950. The number of benzene rings is 3. The lowest BCUT2D eigenvalue weighted by Gasteiger charge is -2.53. The van der Waals surface area contributed by atoms with E-state index in [1.165, 1.54) is 44.6 Å². The van der Waals surface area contributed by atoms with Crippen LogP contribution in [0.1, 0.15) is 175 Å². The molecule has 13 rings (SSSR count). The molecule has 0 amide bonds. The summed E-state index contributed by atoms with van der Waals surface area (Å²) in [6.45, 7) is 12.2. The zero-order valence-corrected chi connectivity index (χ0v) is 43.3. The first-order valence-corrected chi connectivity index (χ1v) is 27.4. The molecule has 3 aromatic carbocycles. The van der Waals surface area contributed by atoms with Crippen molar-refractivity contribution in [3.05, 3.63) is 130 Å². The highest BCUT2D eigenvalue weighted by atomic mass is 16.7. The summed E-state index contributed by atoms with van der Waals surface area (Å²) < 4.78 is 18.3. The molecule has 2 N–H and O–H groups in total. The molecule has 7 nitrogen and oxygen atoms in total. The van der Waals surface area contributed by atoms with Crippen LogP contribution in [0, 0.1) is 58.2 Å². The molecule has 1 heterocycles. The number of hydrogen-bond donors (Lipinski definition) is 2. The molecular weight excluding hydrogens is 905 g/mol. The predicted octanol–water partition coefficient (Wildman–Crippen LogP) is 14.4. The van der Waals surface area contributed by atoms with Gasteiger partial charge in [-0.15, -0.1) is 11.8 Å². The predicted molar refractivity (Wildman–Crippen MR) is 288 cm³/mol. The van der Waals surface area contributed by atoms with Crippen molar-refractivity contribution in [3.8, 4) is 46.7 Å². The van der Waals surface area contributed by atoms with Crippen LogP contribution in [-0.2, 0) is 9.59 Å². The second kappa shape index (κ2) is 19.3. The van der Waals surface area contributed by atoms with Gasteiger partial charge in [-0.25, -0.2) is 0 Å². The summed E-state index contributed by atoms with van der Waals surface area (Å²) in [5.41, 5.74) is 8.51. The second-order valence-electron chi connectivity index (χ2n) is 22.8. The van der Waals surface area contributed by atoms with Gasteiger partial charge < -0.3 is 24.4 Å². The first-order chi connectivity index (χ1) is 34.8. The molecule has 3 aromatic rings. The van der Waals surface area contributed by atoms with E-state index in [2.05, 4.69) is 80.0 Å². The van der Waals surface area contributed by atoms with E-state index in [4.69, 9.17) is 14.2 Å². The number of carbonyl (C=O) groups is 2. The molecule has 10 atom stereocenters. The first kappa shape index (κ1) is 50.9. The van der Waals surface area contributed by atoms with Crippen LogP contribution in [0.4, 0.5) is 0 Å². The van der Waals surface area contributed by atoms with E-state index < -0.39 is 17.0 Å². The molecule has 73 heavy (non-hydrogen) atoms. The fourth-order valence-electron chi connectivity index (χ4n) is 15.8. The Kier molecular flexibility index (Phi) is 13.4. The van der Waals surface area contributed by atoms with Crippen molar-refractivity contribution in [2.75, 3.05) is 0 Å². The minimum absolute atomic E-state index is 0. The van der Waals surface area contributed by atoms with E-state index in [0.29, 0.717) is 36.5 Å². The molecule has 10 aliphatic rings. The van der Waals surface area contributed by atoms with Crippen LogP contribution in [0.3, 0.4) is 0 Å². The van der Waals surface area contributed by atoms with E-state index in [0.717, 1.165) is 113 Å². The van der Waals surface area contributed by atoms with Crippen LogP contribution >= 0.6 is 0 Å². The van der Waals surface area contributed by atoms with Gasteiger partial charge in [0, 0.05) is 48.3 Å². The number of rotatable bonds is 4. The van der Waals surface area contributed by atoms with Gasteiger partial charge in [0.15, 0.2) is 23.1 Å². The van der Waals surface area contributed by atoms with Gasteiger partial charge in [0.25, 0.3) is 5.79 Å². The van der Waals surface area contributed by atoms with Crippen LogP contribution in [0.15, 0.2) is 118 Å². The van der Waals surface area contributed by atoms with Crippen molar-refractivity contribution in [3.63, 3.8) is 0 Å². The van der Waals surface area contributed by atoms with Gasteiger partial charge in [0.05, 0.1) is 0 Å². The van der Waals surface area contributed by atoms with Crippen LogP contribution in [-0.4, -0.2) is 38.8 Å². The largest absolute Gasteiger partial charge is 0.457 e. The topological polar surface area (TPSA) is 102 Å². The maximum Gasteiger partial charge on any atom is 0.252 e. The van der Waals surface area contributed by atoms with Crippen molar-refractivity contribution < 1.29 is 34.0 Å². The molecule has 0 saturated heterocycles. The Morgan fingerprint density at radius 2 is 1.05 bits per heavy atom. The highest BCUT2D eigenvalue weighted by molar-refractivity contribution is 5.93. The molecule has 1 spiro atoms. The lowest BCUT2D eigenvalue weighted by atomic mass is 9.51. The van der Waals surface area contributed by atoms with Crippen LogP contribution < -0.4 is 14.2 Å². The number of ketones is 2. The van der Waals surface area contributed by atoms with Crippen molar-refractivity contribution in [2.24, 2.45) is 34.5 Å². The third-order valence-corrected chi connectivity index (χ3v) is 19.3. The summed E-state index contributed by atoms with van der Waals surface area (Å²) in [7, 11) is 0. The Balaban J connectivity index is 0.000000160. The third kappa shape index (κ3) is 8.46. The number of aliphatic hydroxyl groups is 2. The number of ether oxygens (including phenoxy) is 3. The van der Waals surface area contributed by atoms with Crippen molar-refractivity contribution in [1.29, 1.82) is 0 Å². The van der Waals surface area contributed by atoms with Crippen LogP contribution in [0.2, 0.25) is 0 Å². The Labute approximate surface area is 435 Å². The standard InChI is InChI=1S/C33H34O3.C30H32O4.C2H6.CH4/c1-3-18-33(35)19-17-30-28-15-11-23-20-24(34)12-16-27(23)31(28)29(21-32(30,33)2)22-9-13-26(14-10-22)36-25-7-5-4-6-8-25;1-3-11-29(32)12-10-24-22-7-4-18-15-20(31)6-8-21(18)27(22)23(17-28(24,29)2)19-5-9-25-26(16-19)34-30(33-25)13-14-30;1-2;/h4-10,13-14,20,28-30,35H,11-12,15-17,19,21H2,1-2H3;5,9,15-16,22-24,32H,4,6-8,10,12-14,17H2,1-2H3;1-2H3;1H4/t28-,29+,30-,32-,33-;22-,23+,24-,28-,29-;;/m00../s1. The van der Waals surface area contributed by atoms with Gasteiger partial charge in [-0.3, -0.25) is 9.59 Å². The number of para-hydroxylation sites is 1. The zero-order valence-electron chi connectivity index (χ0n) is 43.3. The quantitative estimate of drug-likeness (QED) is 0.251. The summed E-state index contributed by atoms with van der Waals surface area (Å²) in [5.74, 6) is 18.1. The number of allylic oxidation sites excluding steroid dienone is 8. The number of fused-ring (bicyclic) bond motifs is 9. The molecule has 7 heteroatoms. The van der Waals surface area contributed by atoms with Gasteiger partial charge in [-0.1, -0.05) is 94.5 Å². The average molecular weight is 981 g/mol. The summed E-state index contributed by atoms with van der Waals surface area (Å²) in [4.78, 5) is 24.5. The van der Waals surface area contributed by atoms with E-state index in [1.807, 2.05) is 70.2 Å². The van der Waals surface area contributed by atoms with E-state index in [9.17, 15) is 19.8 Å². The summed E-state index contributed by atoms with van der Waals surface area (Å²) in [5, 5.41) is 23.6. The van der Waals surface area contributed by atoms with E-state index in [-0.39, 0.29) is 41.7 Å². The molecule has 0 radical (unpaired) electrons. The highest BCUT2D eigenvalue weighted by Crippen LogP contribution is 2.69. The average Bonchev–Trinajstić information content (AvgIpc) is 3.84. The monoisotopic (exact) mass is 981 g/mol. The van der Waals surface area contributed by atoms with Crippen molar-refractivity contribution in [2.45, 2.75) is 181 Å². The van der Waals surface area contributed by atoms with Crippen molar-refractivity contribution in [1.82, 2.24) is 0 Å². The lowest BCUT2D eigenvalue weighted by molar-refractivity contribution is -0.115. The smallest absolute Gasteiger partial charge is 0.252 e. The molecule has 0 bridgehead atoms. The zero-order chi connectivity index (χ0) is 50.2. The lowest BCUT2D eigenvalue weighted by Crippen LogP contribution is -2.51. The minimum Gasteiger partial charge on any atom is -0.457 e. The fraction of sp³-hybridized carbons (Fsp3) is 0.515. The van der Waals surface area contributed by atoms with E-state index in [1.54, 1.807) is 0 Å². The highest BCUT2D eigenvalue weighted by Gasteiger charge is 2.64. The van der Waals surface area contributed by atoms with E-state index >= 15 is 0 Å². The van der Waals surface area contributed by atoms with Gasteiger partial charge in [0.2, 0.25) is 0 Å². The van der Waals surface area contributed by atoms with Gasteiger partial charge in [-0.05, 0) is 197 Å². The normalized spacial score (nSPS) is 34.3. The third-order valence-electron chi connectivity index (χ3n) is 19.3. The molecule has 5 saturated carbocycles. The molecule has 382 valence electrons. The fourth-order valence-corrected chi connectivity index (χ4v) is 15.8. The Hall–Kier alpha value is -5.60. The Morgan fingerprint density at radius 1 is 0.575 bits per heavy atom. The maximum atomic E-state index is 12.2. The van der Waals surface area contributed by atoms with Crippen LogP contribution in [0.25, 0.3) is 0 Å². The van der Waals surface area contributed by atoms with Crippen molar-refractivity contribution >= 4 is 11.6 Å². The maximum absolute atomic E-state index is 12.2.